The average molecular weight is 295 g/mol. The molecule has 0 radical (unpaired) electrons. The number of nitrogens with zero attached hydrogens (tertiary/aromatic N) is 3. The number of nitrogens with one attached hydrogen (secondary N) is 1. The molecule has 1 aliphatic carbocycles. The topological polar surface area (TPSA) is 74.0 Å². The minimum Gasteiger partial charge on any atom is -0.368 e. The Kier molecular flexibility index (Phi) is 4.76. The number of hydrogen-bond donors (Lipinski definition) is 2. The van der Waals surface area contributed by atoms with E-state index in [9.17, 15) is 4.79 Å². The van der Waals surface area contributed by atoms with E-state index in [-0.39, 0.29) is 5.91 Å². The first-order valence-electron chi connectivity index (χ1n) is 7.97. The van der Waals surface area contributed by atoms with Crippen LogP contribution in [-0.4, -0.2) is 66.0 Å². The Morgan fingerprint density at radius 1 is 1.33 bits per heavy atom. The van der Waals surface area contributed by atoms with Gasteiger partial charge in [-0.2, -0.15) is 0 Å². The number of carbonyl (C=O) groups is 1. The summed E-state index contributed by atoms with van der Waals surface area (Å²) in [5.41, 5.74) is 4.93. The van der Waals surface area contributed by atoms with Crippen molar-refractivity contribution in [3.05, 3.63) is 0 Å². The zero-order valence-corrected chi connectivity index (χ0v) is 13.7. The van der Waals surface area contributed by atoms with E-state index >= 15 is 0 Å². The van der Waals surface area contributed by atoms with Gasteiger partial charge in [-0.25, -0.2) is 0 Å². The molecule has 21 heavy (non-hydrogen) atoms. The summed E-state index contributed by atoms with van der Waals surface area (Å²) in [4.78, 5) is 20.6. The van der Waals surface area contributed by atoms with Gasteiger partial charge in [0.1, 0.15) is 0 Å². The van der Waals surface area contributed by atoms with E-state index in [4.69, 9.17) is 5.73 Å². The van der Waals surface area contributed by atoms with E-state index in [1.165, 1.54) is 6.42 Å². The highest BCUT2D eigenvalue weighted by molar-refractivity contribution is 5.84. The highest BCUT2D eigenvalue weighted by Crippen LogP contribution is 2.29. The second-order valence-electron chi connectivity index (χ2n) is 6.66. The molecule has 2 atom stereocenters. The third-order valence-electron chi connectivity index (χ3n) is 4.70. The Morgan fingerprint density at radius 3 is 2.33 bits per heavy atom. The fourth-order valence-electron chi connectivity index (χ4n) is 2.71. The number of amides is 1. The number of primary amides is 1. The Hall–Kier alpha value is -1.30. The maximum absolute atomic E-state index is 11.6. The molecule has 0 aromatic rings. The van der Waals surface area contributed by atoms with Crippen molar-refractivity contribution in [2.24, 2.45) is 16.6 Å². The number of piperazine rings is 1. The van der Waals surface area contributed by atoms with Gasteiger partial charge in [-0.1, -0.05) is 6.92 Å². The Bertz CT molecular complexity index is 412. The standard InChI is InChI=1S/C15H29N5O/c1-5-17-14(18-12-10-11(12)2)19-6-8-20(9-7-19)15(3,4)13(16)21/h11-12H,5-10H2,1-4H3,(H2,16,21)(H,17,18). The Balaban J connectivity index is 1.92. The lowest BCUT2D eigenvalue weighted by molar-refractivity contribution is -0.129. The third-order valence-corrected chi connectivity index (χ3v) is 4.70. The Labute approximate surface area is 127 Å². The molecule has 0 bridgehead atoms. The van der Waals surface area contributed by atoms with E-state index < -0.39 is 5.54 Å². The van der Waals surface area contributed by atoms with Crippen LogP contribution in [-0.2, 0) is 4.79 Å². The molecule has 1 heterocycles. The molecule has 0 aromatic heterocycles. The SMILES string of the molecule is CCN=C(NC1CC1C)N1CCN(C(C)(C)C(N)=O)CC1. The van der Waals surface area contributed by atoms with Gasteiger partial charge in [0.15, 0.2) is 5.96 Å². The first-order chi connectivity index (χ1) is 9.86. The molecule has 6 heteroatoms. The molecule has 1 amide bonds. The van der Waals surface area contributed by atoms with Gasteiger partial charge >= 0.3 is 0 Å². The summed E-state index contributed by atoms with van der Waals surface area (Å²) < 4.78 is 0. The van der Waals surface area contributed by atoms with E-state index in [1.54, 1.807) is 0 Å². The normalized spacial score (nSPS) is 27.6. The van der Waals surface area contributed by atoms with Crippen molar-refractivity contribution in [1.29, 1.82) is 0 Å². The van der Waals surface area contributed by atoms with Crippen LogP contribution in [0.3, 0.4) is 0 Å². The molecule has 0 spiro atoms. The molecular weight excluding hydrogens is 266 g/mol. The molecule has 1 saturated heterocycles. The van der Waals surface area contributed by atoms with Crippen molar-refractivity contribution in [3.8, 4) is 0 Å². The molecule has 3 N–H and O–H groups in total. The summed E-state index contributed by atoms with van der Waals surface area (Å²) in [5.74, 6) is 1.51. The first-order valence-corrected chi connectivity index (χ1v) is 7.97. The van der Waals surface area contributed by atoms with Crippen LogP contribution >= 0.6 is 0 Å². The van der Waals surface area contributed by atoms with Gasteiger partial charge in [-0.15, -0.1) is 0 Å². The summed E-state index contributed by atoms with van der Waals surface area (Å²) in [6, 6.07) is 0.579. The Morgan fingerprint density at radius 2 is 1.90 bits per heavy atom. The van der Waals surface area contributed by atoms with Crippen LogP contribution in [0.4, 0.5) is 0 Å². The van der Waals surface area contributed by atoms with Crippen LogP contribution in [0, 0.1) is 5.92 Å². The van der Waals surface area contributed by atoms with Crippen LogP contribution < -0.4 is 11.1 Å². The van der Waals surface area contributed by atoms with Gasteiger partial charge in [0, 0.05) is 38.8 Å². The fraction of sp³-hybridized carbons (Fsp3) is 0.867. The largest absolute Gasteiger partial charge is 0.368 e. The lowest BCUT2D eigenvalue weighted by atomic mass is 10.0. The molecular formula is C15H29N5O. The van der Waals surface area contributed by atoms with Gasteiger partial charge < -0.3 is 16.0 Å². The zero-order valence-electron chi connectivity index (χ0n) is 13.7. The van der Waals surface area contributed by atoms with Gasteiger partial charge in [-0.3, -0.25) is 14.7 Å². The highest BCUT2D eigenvalue weighted by Gasteiger charge is 2.37. The second kappa shape index (κ2) is 6.22. The lowest BCUT2D eigenvalue weighted by Gasteiger charge is -2.43. The number of aliphatic imine (C=N–C) groups is 1. The first kappa shape index (κ1) is 16.1. The van der Waals surface area contributed by atoms with Crippen LogP contribution in [0.2, 0.25) is 0 Å². The van der Waals surface area contributed by atoms with Gasteiger partial charge in [-0.05, 0) is 33.1 Å². The van der Waals surface area contributed by atoms with Crippen molar-refractivity contribution in [2.75, 3.05) is 32.7 Å². The molecule has 6 nitrogen and oxygen atoms in total. The molecule has 120 valence electrons. The number of guanidine groups is 1. The number of carbonyl (C=O) groups excluding carboxylic acids is 1. The van der Waals surface area contributed by atoms with Crippen LogP contribution in [0.15, 0.2) is 4.99 Å². The molecule has 0 aromatic carbocycles. The van der Waals surface area contributed by atoms with Crippen LogP contribution in [0.25, 0.3) is 0 Å². The molecule has 1 saturated carbocycles. The predicted molar refractivity (Wildman–Crippen MR) is 85.1 cm³/mol. The lowest BCUT2D eigenvalue weighted by Crippen LogP contribution is -2.61. The number of rotatable bonds is 4. The molecule has 2 fully saturated rings. The smallest absolute Gasteiger partial charge is 0.237 e. The minimum absolute atomic E-state index is 0.261. The van der Waals surface area contributed by atoms with Crippen LogP contribution in [0.1, 0.15) is 34.1 Å². The van der Waals surface area contributed by atoms with Crippen LogP contribution in [0.5, 0.6) is 0 Å². The maximum Gasteiger partial charge on any atom is 0.237 e. The van der Waals surface area contributed by atoms with Crippen molar-refractivity contribution >= 4 is 11.9 Å². The van der Waals surface area contributed by atoms with Gasteiger partial charge in [0.2, 0.25) is 5.91 Å². The average Bonchev–Trinajstić information content (AvgIpc) is 3.14. The van der Waals surface area contributed by atoms with Gasteiger partial charge in [0.05, 0.1) is 5.54 Å². The summed E-state index contributed by atoms with van der Waals surface area (Å²) in [7, 11) is 0. The summed E-state index contributed by atoms with van der Waals surface area (Å²) in [6.45, 7) is 12.3. The third kappa shape index (κ3) is 3.67. The maximum atomic E-state index is 11.6. The molecule has 2 rings (SSSR count). The molecule has 2 unspecified atom stereocenters. The second-order valence-corrected chi connectivity index (χ2v) is 6.66. The van der Waals surface area contributed by atoms with E-state index in [1.807, 2.05) is 13.8 Å². The number of hydrogen-bond acceptors (Lipinski definition) is 3. The summed E-state index contributed by atoms with van der Waals surface area (Å²) in [6.07, 6.45) is 1.23. The monoisotopic (exact) mass is 295 g/mol. The van der Waals surface area contributed by atoms with E-state index in [2.05, 4.69) is 34.0 Å². The van der Waals surface area contributed by atoms with E-state index in [0.717, 1.165) is 44.6 Å². The van der Waals surface area contributed by atoms with Crippen molar-refractivity contribution in [2.45, 2.75) is 45.7 Å². The highest BCUT2D eigenvalue weighted by atomic mass is 16.1. The van der Waals surface area contributed by atoms with Crippen molar-refractivity contribution in [1.82, 2.24) is 15.1 Å². The fourth-order valence-corrected chi connectivity index (χ4v) is 2.71. The van der Waals surface area contributed by atoms with E-state index in [0.29, 0.717) is 6.04 Å². The predicted octanol–water partition coefficient (Wildman–Crippen LogP) is 0.242. The summed E-state index contributed by atoms with van der Waals surface area (Å²) in [5, 5.41) is 3.55. The number of nitrogens with two attached hydrogens (primary N) is 1. The van der Waals surface area contributed by atoms with Crippen molar-refractivity contribution in [3.63, 3.8) is 0 Å². The molecule has 1 aliphatic heterocycles. The minimum atomic E-state index is -0.577. The molecule has 2 aliphatic rings. The summed E-state index contributed by atoms with van der Waals surface area (Å²) >= 11 is 0. The van der Waals surface area contributed by atoms with Gasteiger partial charge in [0.25, 0.3) is 0 Å². The zero-order chi connectivity index (χ0) is 15.6. The quantitative estimate of drug-likeness (QED) is 0.576. The van der Waals surface area contributed by atoms with Crippen molar-refractivity contribution < 1.29 is 4.79 Å².